The number of carbonyl (C=O) groups is 2. The molecule has 2 aromatic rings. The molecule has 2 fully saturated rings. The van der Waals surface area contributed by atoms with Crippen LogP contribution in [0, 0.1) is 5.92 Å². The lowest BCUT2D eigenvalue weighted by molar-refractivity contribution is 0.0390. The number of carbonyl (C=O) groups excluding carboxylic acids is 2. The quantitative estimate of drug-likeness (QED) is 0.655. The Hall–Kier alpha value is -2.04. The minimum Gasteiger partial charge on any atom is -0.348 e. The van der Waals surface area contributed by atoms with E-state index in [2.05, 4.69) is 10.2 Å². The van der Waals surface area contributed by atoms with Gasteiger partial charge in [-0.25, -0.2) is 0 Å². The number of rotatable bonds is 4. The normalized spacial score (nSPS) is 21.1. The summed E-state index contributed by atoms with van der Waals surface area (Å²) in [5, 5.41) is 3.94. The Morgan fingerprint density at radius 3 is 2.40 bits per heavy atom. The van der Waals surface area contributed by atoms with Gasteiger partial charge < -0.3 is 10.2 Å². The number of halogens is 2. The van der Waals surface area contributed by atoms with Crippen molar-refractivity contribution in [1.29, 1.82) is 0 Å². The van der Waals surface area contributed by atoms with Gasteiger partial charge in [-0.05, 0) is 73.6 Å². The molecule has 1 N–H and O–H groups in total. The predicted octanol–water partition coefficient (Wildman–Crippen LogP) is 5.72. The zero-order chi connectivity index (χ0) is 21.1. The summed E-state index contributed by atoms with van der Waals surface area (Å²) < 4.78 is 0. The molecule has 30 heavy (non-hydrogen) atoms. The second-order valence-corrected chi connectivity index (χ2v) is 9.09. The number of hydrogen-bond donors (Lipinski definition) is 1. The van der Waals surface area contributed by atoms with Crippen LogP contribution in [0.15, 0.2) is 42.5 Å². The van der Waals surface area contributed by atoms with Crippen molar-refractivity contribution in [2.75, 3.05) is 6.54 Å². The highest BCUT2D eigenvalue weighted by Crippen LogP contribution is 2.36. The number of fused-ring (bicyclic) bond motifs is 1. The Kier molecular flexibility index (Phi) is 6.64. The van der Waals surface area contributed by atoms with Gasteiger partial charge in [0.25, 0.3) is 11.8 Å². The fraction of sp³-hybridized carbons (Fsp3) is 0.417. The summed E-state index contributed by atoms with van der Waals surface area (Å²) in [5.74, 6) is 0.540. The van der Waals surface area contributed by atoms with Gasteiger partial charge in [-0.1, -0.05) is 42.1 Å². The lowest BCUT2D eigenvalue weighted by Crippen LogP contribution is -2.49. The van der Waals surface area contributed by atoms with Crippen LogP contribution in [0.4, 0.5) is 0 Å². The van der Waals surface area contributed by atoms with Gasteiger partial charge in [0.1, 0.15) is 0 Å². The lowest BCUT2D eigenvalue weighted by atomic mass is 9.78. The molecule has 1 heterocycles. The van der Waals surface area contributed by atoms with E-state index in [-0.39, 0.29) is 11.8 Å². The number of piperidine rings is 1. The molecule has 4 nitrogen and oxygen atoms in total. The molecule has 2 atom stereocenters. The molecule has 2 aromatic carbocycles. The maximum Gasteiger partial charge on any atom is 0.254 e. The third kappa shape index (κ3) is 4.65. The van der Waals surface area contributed by atoms with E-state index in [0.29, 0.717) is 39.7 Å². The molecule has 0 unspecified atom stereocenters. The number of amides is 2. The number of nitrogens with zero attached hydrogens (tertiary/aromatic N) is 1. The van der Waals surface area contributed by atoms with E-state index in [1.807, 2.05) is 0 Å². The Morgan fingerprint density at radius 1 is 0.933 bits per heavy atom. The van der Waals surface area contributed by atoms with Gasteiger partial charge in [-0.15, -0.1) is 0 Å². The third-order valence-corrected chi connectivity index (χ3v) is 6.94. The van der Waals surface area contributed by atoms with E-state index in [4.69, 9.17) is 23.2 Å². The average molecular weight is 445 g/mol. The second-order valence-electron chi connectivity index (χ2n) is 8.25. The summed E-state index contributed by atoms with van der Waals surface area (Å²) in [5.41, 5.74) is 1.97. The summed E-state index contributed by atoms with van der Waals surface area (Å²) in [6, 6.07) is 12.5. The van der Waals surface area contributed by atoms with Crippen molar-refractivity contribution in [2.24, 2.45) is 5.92 Å². The van der Waals surface area contributed by atoms with Crippen LogP contribution in [0.25, 0.3) is 0 Å². The van der Waals surface area contributed by atoms with Crippen molar-refractivity contribution in [3.05, 3.63) is 69.2 Å². The molecule has 4 rings (SSSR count). The Morgan fingerprint density at radius 2 is 1.63 bits per heavy atom. The molecule has 2 amide bonds. The van der Waals surface area contributed by atoms with Crippen molar-refractivity contribution in [3.63, 3.8) is 0 Å². The van der Waals surface area contributed by atoms with Gasteiger partial charge in [0.2, 0.25) is 0 Å². The summed E-state index contributed by atoms with van der Waals surface area (Å²) in [6.07, 6.45) is 7.18. The van der Waals surface area contributed by atoms with Crippen molar-refractivity contribution in [1.82, 2.24) is 10.2 Å². The fourth-order valence-electron chi connectivity index (χ4n) is 4.75. The molecule has 2 aliphatic rings. The minimum atomic E-state index is -0.203. The number of hydrogen-bond acceptors (Lipinski definition) is 2. The van der Waals surface area contributed by atoms with Crippen LogP contribution in [0.1, 0.15) is 64.8 Å². The molecule has 158 valence electrons. The highest BCUT2D eigenvalue weighted by atomic mass is 35.5. The molecule has 6 heteroatoms. The molecule has 0 aromatic heterocycles. The standard InChI is InChI=1S/C24H26Cl2N2O2/c25-20-12-11-19(21(26)14-20)15-27-23(29)17-7-9-18(10-8-17)24(30)28-13-3-5-16-4-1-2-6-22(16)28/h7-12,14,16,22H,1-6,13,15H2,(H,27,29)/t16-,22-/m0/s1. The van der Waals surface area contributed by atoms with Crippen LogP contribution in [0.2, 0.25) is 10.0 Å². The van der Waals surface area contributed by atoms with E-state index in [1.165, 1.54) is 25.7 Å². The van der Waals surface area contributed by atoms with Gasteiger partial charge in [-0.2, -0.15) is 0 Å². The SMILES string of the molecule is O=C(NCc1ccc(Cl)cc1Cl)c1ccc(C(=O)N2CCC[C@@H]3CCCC[C@@H]32)cc1. The first-order chi connectivity index (χ1) is 14.5. The fourth-order valence-corrected chi connectivity index (χ4v) is 5.22. The van der Waals surface area contributed by atoms with Crippen molar-refractivity contribution >= 4 is 35.0 Å². The number of nitrogens with one attached hydrogen (secondary N) is 1. The first-order valence-electron chi connectivity index (χ1n) is 10.7. The molecule has 1 saturated heterocycles. The zero-order valence-corrected chi connectivity index (χ0v) is 18.4. The lowest BCUT2D eigenvalue weighted by Gasteiger charge is -2.44. The van der Waals surface area contributed by atoms with Gasteiger partial charge in [0.15, 0.2) is 0 Å². The van der Waals surface area contributed by atoms with Crippen LogP contribution < -0.4 is 5.32 Å². The van der Waals surface area contributed by atoms with E-state index < -0.39 is 0 Å². The Bertz CT molecular complexity index is 927. The monoisotopic (exact) mass is 444 g/mol. The van der Waals surface area contributed by atoms with Crippen LogP contribution in [-0.2, 0) is 6.54 Å². The molecule has 0 radical (unpaired) electrons. The highest BCUT2D eigenvalue weighted by Gasteiger charge is 2.35. The number of benzene rings is 2. The molecule has 0 spiro atoms. The van der Waals surface area contributed by atoms with E-state index in [9.17, 15) is 9.59 Å². The highest BCUT2D eigenvalue weighted by molar-refractivity contribution is 6.35. The van der Waals surface area contributed by atoms with E-state index >= 15 is 0 Å². The van der Waals surface area contributed by atoms with Gasteiger partial charge in [-0.3, -0.25) is 9.59 Å². The predicted molar refractivity (Wildman–Crippen MR) is 120 cm³/mol. The van der Waals surface area contributed by atoms with Crippen molar-refractivity contribution < 1.29 is 9.59 Å². The maximum absolute atomic E-state index is 13.1. The molecular formula is C24H26Cl2N2O2. The summed E-state index contributed by atoms with van der Waals surface area (Å²) in [4.78, 5) is 27.7. The van der Waals surface area contributed by atoms with E-state index in [1.54, 1.807) is 42.5 Å². The van der Waals surface area contributed by atoms with E-state index in [0.717, 1.165) is 24.9 Å². The summed E-state index contributed by atoms with van der Waals surface area (Å²) in [7, 11) is 0. The smallest absolute Gasteiger partial charge is 0.254 e. The van der Waals surface area contributed by atoms with Crippen LogP contribution in [0.5, 0.6) is 0 Å². The third-order valence-electron chi connectivity index (χ3n) is 6.35. The van der Waals surface area contributed by atoms with Gasteiger partial charge in [0, 0.05) is 40.3 Å². The van der Waals surface area contributed by atoms with Crippen LogP contribution >= 0.6 is 23.2 Å². The van der Waals surface area contributed by atoms with Crippen molar-refractivity contribution in [2.45, 2.75) is 51.1 Å². The summed E-state index contributed by atoms with van der Waals surface area (Å²) in [6.45, 7) is 1.15. The molecular weight excluding hydrogens is 419 g/mol. The number of likely N-dealkylation sites (tertiary alicyclic amines) is 1. The Balaban J connectivity index is 1.39. The molecule has 1 saturated carbocycles. The van der Waals surface area contributed by atoms with Gasteiger partial charge in [0.05, 0.1) is 0 Å². The Labute approximate surface area is 187 Å². The van der Waals surface area contributed by atoms with Gasteiger partial charge >= 0.3 is 0 Å². The molecule has 0 bridgehead atoms. The first-order valence-corrected chi connectivity index (χ1v) is 11.4. The molecule has 1 aliphatic carbocycles. The largest absolute Gasteiger partial charge is 0.348 e. The average Bonchev–Trinajstić information content (AvgIpc) is 2.77. The topological polar surface area (TPSA) is 49.4 Å². The maximum atomic E-state index is 13.1. The summed E-state index contributed by atoms with van der Waals surface area (Å²) >= 11 is 12.1. The second kappa shape index (κ2) is 9.40. The van der Waals surface area contributed by atoms with Crippen LogP contribution in [-0.4, -0.2) is 29.3 Å². The zero-order valence-electron chi connectivity index (χ0n) is 16.9. The molecule has 1 aliphatic heterocycles. The minimum absolute atomic E-state index is 0.0894. The first kappa shape index (κ1) is 21.2. The van der Waals surface area contributed by atoms with Crippen LogP contribution in [0.3, 0.4) is 0 Å². The van der Waals surface area contributed by atoms with Crippen molar-refractivity contribution in [3.8, 4) is 0 Å².